The predicted molar refractivity (Wildman–Crippen MR) is 126 cm³/mol. The summed E-state index contributed by atoms with van der Waals surface area (Å²) >= 11 is 0. The number of fused-ring (bicyclic) bond motifs is 2. The smallest absolute Gasteiger partial charge is 0.343 e. The first-order valence-corrected chi connectivity index (χ1v) is 11.0. The third kappa shape index (κ3) is 3.96. The van der Waals surface area contributed by atoms with Gasteiger partial charge in [-0.25, -0.2) is 9.79 Å². The number of nitrogens with one attached hydrogen (secondary N) is 2. The molecule has 174 valence electrons. The van der Waals surface area contributed by atoms with E-state index >= 15 is 0 Å². The molecule has 0 spiro atoms. The van der Waals surface area contributed by atoms with Crippen LogP contribution in [0.3, 0.4) is 0 Å². The van der Waals surface area contributed by atoms with Crippen LogP contribution >= 0.6 is 0 Å². The van der Waals surface area contributed by atoms with Crippen molar-refractivity contribution in [3.05, 3.63) is 70.9 Å². The molecule has 3 amide bonds. The van der Waals surface area contributed by atoms with Gasteiger partial charge in [-0.2, -0.15) is 0 Å². The molecule has 2 aromatic carbocycles. The van der Waals surface area contributed by atoms with E-state index in [1.165, 1.54) is 6.92 Å². The molecule has 2 aromatic rings. The lowest BCUT2D eigenvalue weighted by atomic mass is 10.1. The van der Waals surface area contributed by atoms with Crippen molar-refractivity contribution in [1.82, 2.24) is 10.2 Å². The van der Waals surface area contributed by atoms with Gasteiger partial charge in [-0.1, -0.05) is 31.2 Å². The zero-order valence-electron chi connectivity index (χ0n) is 19.0. The molecule has 4 rings (SSSR count). The molecule has 0 bridgehead atoms. The molecule has 2 heterocycles. The minimum atomic E-state index is -1.14. The van der Waals surface area contributed by atoms with Crippen LogP contribution in [0, 0.1) is 0 Å². The van der Waals surface area contributed by atoms with Crippen LogP contribution in [0.25, 0.3) is 0 Å². The standard InChI is InChI=1S/C25H24N4O5/c1-4-17-20(25(33)34-5-2)21(27-19-13-9-8-12-18(19)26-17)28-22(30)14(3)29-23(31)15-10-6-7-11-16(15)24(29)32/h6-14,26H,4-5H2,1-3H3,(H,27,28,30)/t14-/m1/s1. The van der Waals surface area contributed by atoms with Gasteiger partial charge in [0.1, 0.15) is 17.5 Å². The number of esters is 1. The second-order valence-electron chi connectivity index (χ2n) is 7.72. The van der Waals surface area contributed by atoms with Gasteiger partial charge >= 0.3 is 5.97 Å². The number of imide groups is 1. The normalized spacial score (nSPS) is 15.6. The molecular formula is C25H24N4O5. The van der Waals surface area contributed by atoms with Crippen LogP contribution in [0.15, 0.2) is 64.8 Å². The summed E-state index contributed by atoms with van der Waals surface area (Å²) in [5, 5.41) is 5.87. The molecule has 0 radical (unpaired) electrons. The summed E-state index contributed by atoms with van der Waals surface area (Å²) in [5.74, 6) is -2.42. The van der Waals surface area contributed by atoms with Crippen molar-refractivity contribution in [1.29, 1.82) is 0 Å². The number of ether oxygens (including phenoxy) is 1. The molecule has 2 N–H and O–H groups in total. The summed E-state index contributed by atoms with van der Waals surface area (Å²) in [6.07, 6.45) is 0.436. The van der Waals surface area contributed by atoms with Crippen LogP contribution in [-0.2, 0) is 14.3 Å². The maximum atomic E-state index is 13.3. The largest absolute Gasteiger partial charge is 0.462 e. The van der Waals surface area contributed by atoms with Gasteiger partial charge in [0, 0.05) is 5.70 Å². The van der Waals surface area contributed by atoms with Crippen LogP contribution in [-0.4, -0.2) is 47.1 Å². The number of nitrogens with zero attached hydrogens (tertiary/aromatic N) is 2. The van der Waals surface area contributed by atoms with Gasteiger partial charge in [0.05, 0.1) is 29.1 Å². The van der Waals surface area contributed by atoms with Crippen molar-refractivity contribution >= 4 is 40.9 Å². The van der Waals surface area contributed by atoms with Crippen molar-refractivity contribution in [2.45, 2.75) is 33.2 Å². The van der Waals surface area contributed by atoms with E-state index in [9.17, 15) is 19.2 Å². The topological polar surface area (TPSA) is 117 Å². The Hall–Kier alpha value is -4.27. The van der Waals surface area contributed by atoms with Gasteiger partial charge in [0.2, 0.25) is 5.91 Å². The fourth-order valence-electron chi connectivity index (χ4n) is 3.90. The van der Waals surface area contributed by atoms with Crippen LogP contribution in [0.1, 0.15) is 47.9 Å². The van der Waals surface area contributed by atoms with E-state index in [0.29, 0.717) is 23.5 Å². The molecule has 0 aliphatic carbocycles. The number of allylic oxidation sites excluding steroid dienone is 1. The van der Waals surface area contributed by atoms with E-state index in [-0.39, 0.29) is 29.1 Å². The number of amidine groups is 1. The molecule has 2 aliphatic heterocycles. The minimum Gasteiger partial charge on any atom is -0.462 e. The molecule has 0 aromatic heterocycles. The van der Waals surface area contributed by atoms with Crippen LogP contribution < -0.4 is 10.6 Å². The van der Waals surface area contributed by atoms with Crippen LogP contribution in [0.2, 0.25) is 0 Å². The number of para-hydroxylation sites is 2. The lowest BCUT2D eigenvalue weighted by Gasteiger charge is -2.22. The Morgan fingerprint density at radius 2 is 1.65 bits per heavy atom. The average molecular weight is 460 g/mol. The number of hydrogen-bond acceptors (Lipinski definition) is 7. The lowest BCUT2D eigenvalue weighted by Crippen LogP contribution is -2.50. The Kier molecular flexibility index (Phi) is 6.27. The van der Waals surface area contributed by atoms with Crippen LogP contribution in [0.4, 0.5) is 11.4 Å². The maximum absolute atomic E-state index is 13.3. The molecule has 2 aliphatic rings. The van der Waals surface area contributed by atoms with Gasteiger partial charge < -0.3 is 15.4 Å². The second kappa shape index (κ2) is 9.30. The zero-order valence-corrected chi connectivity index (χ0v) is 19.0. The predicted octanol–water partition coefficient (Wildman–Crippen LogP) is 3.17. The Morgan fingerprint density at radius 1 is 1.03 bits per heavy atom. The van der Waals surface area contributed by atoms with E-state index in [4.69, 9.17) is 4.74 Å². The van der Waals surface area contributed by atoms with E-state index in [1.54, 1.807) is 43.3 Å². The van der Waals surface area contributed by atoms with E-state index in [1.807, 2.05) is 19.1 Å². The Labute approximate surface area is 196 Å². The Morgan fingerprint density at radius 3 is 2.26 bits per heavy atom. The summed E-state index contributed by atoms with van der Waals surface area (Å²) in [5.41, 5.74) is 2.28. The maximum Gasteiger partial charge on any atom is 0.343 e. The number of anilines is 1. The van der Waals surface area contributed by atoms with E-state index in [2.05, 4.69) is 15.6 Å². The van der Waals surface area contributed by atoms with E-state index in [0.717, 1.165) is 4.90 Å². The van der Waals surface area contributed by atoms with E-state index < -0.39 is 29.7 Å². The SMILES string of the molecule is CCOC(=O)C1=C(CC)Nc2ccccc2N=C1NC(=O)[C@@H](C)N1C(=O)c2ccccc2C1=O. The molecule has 9 nitrogen and oxygen atoms in total. The van der Waals surface area contributed by atoms with Gasteiger partial charge in [-0.3, -0.25) is 19.3 Å². The molecule has 1 atom stereocenters. The molecule has 9 heteroatoms. The summed E-state index contributed by atoms with van der Waals surface area (Å²) < 4.78 is 5.23. The quantitative estimate of drug-likeness (QED) is 0.523. The highest BCUT2D eigenvalue weighted by atomic mass is 16.5. The van der Waals surface area contributed by atoms with Crippen molar-refractivity contribution in [2.24, 2.45) is 4.99 Å². The number of hydrogen-bond donors (Lipinski definition) is 2. The monoisotopic (exact) mass is 460 g/mol. The number of rotatable bonds is 5. The second-order valence-corrected chi connectivity index (χ2v) is 7.72. The fraction of sp³-hybridized carbons (Fsp3) is 0.240. The minimum absolute atomic E-state index is 0.0128. The molecule has 0 unspecified atom stereocenters. The first kappa shape index (κ1) is 22.9. The molecular weight excluding hydrogens is 436 g/mol. The summed E-state index contributed by atoms with van der Waals surface area (Å²) in [7, 11) is 0. The number of aliphatic imine (C=N–C) groups is 1. The number of carbonyl (C=O) groups excluding carboxylic acids is 4. The Balaban J connectivity index is 1.69. The molecule has 0 saturated heterocycles. The van der Waals surface area contributed by atoms with Crippen molar-refractivity contribution < 1.29 is 23.9 Å². The average Bonchev–Trinajstić information content (AvgIpc) is 2.98. The van der Waals surface area contributed by atoms with Gasteiger partial charge in [-0.15, -0.1) is 0 Å². The lowest BCUT2D eigenvalue weighted by molar-refractivity contribution is -0.137. The van der Waals surface area contributed by atoms with Gasteiger partial charge in [0.15, 0.2) is 0 Å². The fourth-order valence-corrected chi connectivity index (χ4v) is 3.90. The number of benzene rings is 2. The Bertz CT molecular complexity index is 1230. The summed E-state index contributed by atoms with van der Waals surface area (Å²) in [6.45, 7) is 5.13. The highest BCUT2D eigenvalue weighted by Crippen LogP contribution is 2.31. The highest BCUT2D eigenvalue weighted by Gasteiger charge is 2.41. The van der Waals surface area contributed by atoms with Crippen molar-refractivity contribution in [2.75, 3.05) is 11.9 Å². The summed E-state index contributed by atoms with van der Waals surface area (Å²) in [6, 6.07) is 12.4. The van der Waals surface area contributed by atoms with Gasteiger partial charge in [-0.05, 0) is 44.5 Å². The molecule has 34 heavy (non-hydrogen) atoms. The first-order chi connectivity index (χ1) is 16.4. The third-order valence-electron chi connectivity index (χ3n) is 5.63. The number of carbonyl (C=O) groups is 4. The zero-order chi connectivity index (χ0) is 24.4. The summed E-state index contributed by atoms with van der Waals surface area (Å²) in [4.78, 5) is 57.2. The molecule has 0 fully saturated rings. The van der Waals surface area contributed by atoms with Crippen molar-refractivity contribution in [3.8, 4) is 0 Å². The van der Waals surface area contributed by atoms with Crippen molar-refractivity contribution in [3.63, 3.8) is 0 Å². The third-order valence-corrected chi connectivity index (χ3v) is 5.63. The molecule has 0 saturated carbocycles. The first-order valence-electron chi connectivity index (χ1n) is 11.0. The van der Waals surface area contributed by atoms with Crippen LogP contribution in [0.5, 0.6) is 0 Å². The number of amides is 3. The highest BCUT2D eigenvalue weighted by molar-refractivity contribution is 6.26. The van der Waals surface area contributed by atoms with Gasteiger partial charge in [0.25, 0.3) is 11.8 Å².